The number of hydrogen-bond donors (Lipinski definition) is 3. The van der Waals surface area contributed by atoms with Gasteiger partial charge in [-0.15, -0.1) is 0 Å². The Morgan fingerprint density at radius 3 is 3.00 bits per heavy atom. The van der Waals surface area contributed by atoms with Gasteiger partial charge in [-0.1, -0.05) is 0 Å². The molecule has 5 heteroatoms. The molecule has 0 atom stereocenters. The fraction of sp³-hybridized carbons (Fsp3) is 0.357. The third-order valence-electron chi connectivity index (χ3n) is 2.84. The highest BCUT2D eigenvalue weighted by Crippen LogP contribution is 2.27. The van der Waals surface area contributed by atoms with Crippen molar-refractivity contribution in [3.05, 3.63) is 30.5 Å². The van der Waals surface area contributed by atoms with Crippen LogP contribution in [-0.2, 0) is 0 Å². The summed E-state index contributed by atoms with van der Waals surface area (Å²) in [5.41, 5.74) is 8.78. The van der Waals surface area contributed by atoms with Crippen LogP contribution < -0.4 is 11.1 Å². The van der Waals surface area contributed by atoms with Crippen molar-refractivity contribution in [1.82, 2.24) is 4.98 Å². The van der Waals surface area contributed by atoms with E-state index < -0.39 is 0 Å². The second-order valence-electron chi connectivity index (χ2n) is 4.21. The van der Waals surface area contributed by atoms with Gasteiger partial charge in [0.25, 0.3) is 0 Å². The van der Waals surface area contributed by atoms with Gasteiger partial charge < -0.3 is 16.2 Å². The Morgan fingerprint density at radius 2 is 2.16 bits per heavy atom. The summed E-state index contributed by atoms with van der Waals surface area (Å²) in [4.78, 5) is 4.28. The summed E-state index contributed by atoms with van der Waals surface area (Å²) < 4.78 is 0. The number of anilines is 2. The topological polar surface area (TPSA) is 71.2 Å². The highest BCUT2D eigenvalue weighted by molar-refractivity contribution is 7.99. The smallest absolute Gasteiger partial charge is 0.0724 e. The minimum Gasteiger partial charge on any atom is -0.397 e. The average Bonchev–Trinajstić information content (AvgIpc) is 2.45. The molecule has 0 spiro atoms. The zero-order valence-electron chi connectivity index (χ0n) is 10.8. The fourth-order valence-electron chi connectivity index (χ4n) is 1.86. The van der Waals surface area contributed by atoms with Crippen LogP contribution in [0.15, 0.2) is 30.5 Å². The number of nitrogen functional groups attached to an aromatic ring is 1. The Bertz CT molecular complexity index is 533. The molecule has 0 unspecified atom stereocenters. The normalized spacial score (nSPS) is 10.8. The Labute approximate surface area is 117 Å². The molecule has 2 aromatic rings. The first kappa shape index (κ1) is 14.0. The van der Waals surface area contributed by atoms with Gasteiger partial charge in [-0.25, -0.2) is 0 Å². The summed E-state index contributed by atoms with van der Waals surface area (Å²) in [7, 11) is 0. The van der Waals surface area contributed by atoms with Crippen LogP contribution in [-0.4, -0.2) is 34.7 Å². The average molecular weight is 277 g/mol. The van der Waals surface area contributed by atoms with Gasteiger partial charge in [-0.2, -0.15) is 11.8 Å². The van der Waals surface area contributed by atoms with Crippen LogP contribution in [0.25, 0.3) is 10.9 Å². The molecule has 0 aliphatic carbocycles. The lowest BCUT2D eigenvalue weighted by molar-refractivity contribution is 0.296. The van der Waals surface area contributed by atoms with Crippen molar-refractivity contribution >= 4 is 34.0 Å². The van der Waals surface area contributed by atoms with Gasteiger partial charge in [0.1, 0.15) is 0 Å². The van der Waals surface area contributed by atoms with Crippen LogP contribution >= 0.6 is 11.8 Å². The maximum Gasteiger partial charge on any atom is 0.0724 e. The largest absolute Gasteiger partial charge is 0.397 e. The van der Waals surface area contributed by atoms with E-state index >= 15 is 0 Å². The molecule has 0 aliphatic rings. The highest BCUT2D eigenvalue weighted by Gasteiger charge is 2.03. The fourth-order valence-corrected chi connectivity index (χ4v) is 2.64. The van der Waals surface area contributed by atoms with Gasteiger partial charge >= 0.3 is 0 Å². The van der Waals surface area contributed by atoms with Gasteiger partial charge in [0.15, 0.2) is 0 Å². The summed E-state index contributed by atoms with van der Waals surface area (Å²) in [6, 6.07) is 7.84. The number of rotatable bonds is 7. The monoisotopic (exact) mass is 277 g/mol. The van der Waals surface area contributed by atoms with Crippen LogP contribution in [0, 0.1) is 0 Å². The minimum atomic E-state index is 0.269. The van der Waals surface area contributed by atoms with Gasteiger partial charge in [0.2, 0.25) is 0 Å². The molecule has 102 valence electrons. The van der Waals surface area contributed by atoms with Crippen molar-refractivity contribution in [2.75, 3.05) is 35.7 Å². The van der Waals surface area contributed by atoms with Crippen LogP contribution in [0.3, 0.4) is 0 Å². The molecular weight excluding hydrogens is 258 g/mol. The summed E-state index contributed by atoms with van der Waals surface area (Å²) in [5.74, 6) is 2.00. The van der Waals surface area contributed by atoms with Crippen molar-refractivity contribution in [2.45, 2.75) is 6.42 Å². The van der Waals surface area contributed by atoms with Crippen molar-refractivity contribution < 1.29 is 5.11 Å². The zero-order valence-corrected chi connectivity index (χ0v) is 11.6. The molecule has 19 heavy (non-hydrogen) atoms. The number of nitrogens with one attached hydrogen (secondary N) is 1. The minimum absolute atomic E-state index is 0.269. The molecule has 0 saturated carbocycles. The number of aliphatic hydroxyl groups is 1. The van der Waals surface area contributed by atoms with Crippen LogP contribution in [0.5, 0.6) is 0 Å². The van der Waals surface area contributed by atoms with Crippen LogP contribution in [0.4, 0.5) is 11.4 Å². The summed E-state index contributed by atoms with van der Waals surface area (Å²) in [6.07, 6.45) is 2.63. The third-order valence-corrected chi connectivity index (χ3v) is 3.91. The first-order valence-electron chi connectivity index (χ1n) is 6.38. The predicted molar refractivity (Wildman–Crippen MR) is 83.7 cm³/mol. The molecule has 1 heterocycles. The van der Waals surface area contributed by atoms with Gasteiger partial charge in [0, 0.05) is 30.5 Å². The van der Waals surface area contributed by atoms with E-state index in [2.05, 4.69) is 10.3 Å². The van der Waals surface area contributed by atoms with Crippen molar-refractivity contribution in [3.63, 3.8) is 0 Å². The first-order valence-corrected chi connectivity index (χ1v) is 7.54. The number of thioether (sulfide) groups is 1. The van der Waals surface area contributed by atoms with E-state index in [1.165, 1.54) is 0 Å². The van der Waals surface area contributed by atoms with E-state index in [1.807, 2.05) is 36.0 Å². The lowest BCUT2D eigenvalue weighted by Gasteiger charge is -2.11. The van der Waals surface area contributed by atoms with E-state index in [1.54, 1.807) is 6.20 Å². The molecule has 1 aromatic carbocycles. The van der Waals surface area contributed by atoms with Gasteiger partial charge in [-0.3, -0.25) is 4.98 Å². The Kier molecular flexibility index (Phi) is 5.30. The highest BCUT2D eigenvalue weighted by atomic mass is 32.2. The summed E-state index contributed by atoms with van der Waals surface area (Å²) >= 11 is 1.83. The van der Waals surface area contributed by atoms with Crippen molar-refractivity contribution in [3.8, 4) is 0 Å². The molecule has 0 saturated heterocycles. The molecule has 0 fully saturated rings. The Hall–Kier alpha value is -1.46. The van der Waals surface area contributed by atoms with Crippen molar-refractivity contribution in [2.24, 2.45) is 0 Å². The molecule has 0 aliphatic heterocycles. The Morgan fingerprint density at radius 1 is 1.26 bits per heavy atom. The summed E-state index contributed by atoms with van der Waals surface area (Å²) in [5, 5.41) is 13.0. The second-order valence-corrected chi connectivity index (χ2v) is 5.44. The van der Waals surface area contributed by atoms with E-state index in [0.717, 1.165) is 46.7 Å². The molecule has 0 bridgehead atoms. The lowest BCUT2D eigenvalue weighted by Crippen LogP contribution is -2.07. The maximum atomic E-state index is 8.69. The second kappa shape index (κ2) is 7.21. The van der Waals surface area contributed by atoms with E-state index in [-0.39, 0.29) is 6.61 Å². The number of aromatic nitrogens is 1. The number of nitrogens with zero attached hydrogens (tertiary/aromatic N) is 1. The van der Waals surface area contributed by atoms with Gasteiger partial charge in [-0.05, 0) is 36.4 Å². The zero-order chi connectivity index (χ0) is 13.5. The van der Waals surface area contributed by atoms with Gasteiger partial charge in [0.05, 0.1) is 16.9 Å². The van der Waals surface area contributed by atoms with Crippen LogP contribution in [0.2, 0.25) is 0 Å². The predicted octanol–water partition coefficient (Wildman–Crippen LogP) is 2.34. The van der Waals surface area contributed by atoms with E-state index in [9.17, 15) is 0 Å². The van der Waals surface area contributed by atoms with Crippen molar-refractivity contribution in [1.29, 1.82) is 0 Å². The first-order chi connectivity index (χ1) is 9.33. The standard InChI is InChI=1S/C14H19N3OS/c15-14-11-3-1-6-16-12(11)4-5-13(14)17-7-10-19-9-2-8-18/h1,3-6,17-18H,2,7-10,15H2. The molecule has 0 radical (unpaired) electrons. The molecule has 2 rings (SSSR count). The molecular formula is C14H19N3OS. The maximum absolute atomic E-state index is 8.69. The van der Waals surface area contributed by atoms with E-state index in [4.69, 9.17) is 10.8 Å². The Balaban J connectivity index is 1.92. The molecule has 4 nitrogen and oxygen atoms in total. The number of fused-ring (bicyclic) bond motifs is 1. The number of hydrogen-bond acceptors (Lipinski definition) is 5. The number of aliphatic hydroxyl groups excluding tert-OH is 1. The SMILES string of the molecule is Nc1c(NCCSCCCO)ccc2ncccc12. The lowest BCUT2D eigenvalue weighted by atomic mass is 10.1. The van der Waals surface area contributed by atoms with E-state index in [0.29, 0.717) is 0 Å². The third kappa shape index (κ3) is 3.75. The van der Waals surface area contributed by atoms with Crippen LogP contribution in [0.1, 0.15) is 6.42 Å². The quantitative estimate of drug-likeness (QED) is 0.535. The summed E-state index contributed by atoms with van der Waals surface area (Å²) in [6.45, 7) is 1.14. The molecule has 0 amide bonds. The molecule has 1 aromatic heterocycles. The number of benzene rings is 1. The number of nitrogens with two attached hydrogens (primary N) is 1. The molecule has 4 N–H and O–H groups in total. The number of pyridine rings is 1.